The predicted octanol–water partition coefficient (Wildman–Crippen LogP) is 5.54. The Morgan fingerprint density at radius 1 is 1.05 bits per heavy atom. The maximum absolute atomic E-state index is 4.89. The van der Waals surface area contributed by atoms with Gasteiger partial charge >= 0.3 is 0 Å². The molecule has 1 heteroatoms. The Labute approximate surface area is 123 Å². The summed E-state index contributed by atoms with van der Waals surface area (Å²) in [7, 11) is 0. The highest BCUT2D eigenvalue weighted by molar-refractivity contribution is 6.09. The number of allylic oxidation sites excluding steroid dienone is 4. The highest BCUT2D eigenvalue weighted by atomic mass is 14.8. The molecular weight excluding hydrogens is 242 g/mol. The van der Waals surface area contributed by atoms with Crippen molar-refractivity contribution in [2.45, 2.75) is 46.5 Å². The number of nitrogens with zero attached hydrogens (tertiary/aromatic N) is 1. The highest BCUT2D eigenvalue weighted by Crippen LogP contribution is 2.23. The molecule has 0 aromatic heterocycles. The van der Waals surface area contributed by atoms with Gasteiger partial charge in [-0.3, -0.25) is 4.99 Å². The molecule has 0 saturated heterocycles. The van der Waals surface area contributed by atoms with Crippen LogP contribution in [0, 0.1) is 5.92 Å². The van der Waals surface area contributed by atoms with E-state index < -0.39 is 0 Å². The molecule has 1 heterocycles. The van der Waals surface area contributed by atoms with E-state index in [2.05, 4.69) is 63.3 Å². The zero-order valence-electron chi connectivity index (χ0n) is 12.9. The Balaban J connectivity index is 2.41. The molecule has 0 spiro atoms. The summed E-state index contributed by atoms with van der Waals surface area (Å²) in [5.41, 5.74) is 4.87. The number of aliphatic imine (C=N–C) groups is 1. The van der Waals surface area contributed by atoms with Gasteiger partial charge in [0.2, 0.25) is 0 Å². The first-order valence-electron chi connectivity index (χ1n) is 7.66. The lowest BCUT2D eigenvalue weighted by Crippen LogP contribution is -2.01. The SMILES string of the molecule is CC1=C(C)C(C)CCCC/C=C/C(c2ccccc2)=N1. The minimum Gasteiger partial charge on any atom is -0.253 e. The molecule has 20 heavy (non-hydrogen) atoms. The standard InChI is InChI=1S/C19H25N/c1-15-11-7-4-5-10-14-19(20-17(3)16(15)2)18-12-8-6-9-13-18/h6,8-10,12-15H,4-5,7,11H2,1-3H3/b14-10+,17-16?,20-19?. The second-order valence-corrected chi connectivity index (χ2v) is 5.72. The molecule has 1 aliphatic rings. The number of rotatable bonds is 1. The monoisotopic (exact) mass is 267 g/mol. The fraction of sp³-hybridized carbons (Fsp3) is 0.421. The third-order valence-electron chi connectivity index (χ3n) is 4.20. The Bertz CT molecular complexity index is 520. The van der Waals surface area contributed by atoms with Crippen LogP contribution in [0.15, 0.2) is 58.7 Å². The Morgan fingerprint density at radius 2 is 1.80 bits per heavy atom. The molecule has 2 rings (SSSR count). The summed E-state index contributed by atoms with van der Waals surface area (Å²) in [5.74, 6) is 0.633. The van der Waals surface area contributed by atoms with Crippen LogP contribution in [-0.4, -0.2) is 5.71 Å². The van der Waals surface area contributed by atoms with Gasteiger partial charge in [0.05, 0.1) is 5.71 Å². The number of benzene rings is 1. The molecule has 0 amide bonds. The third-order valence-corrected chi connectivity index (χ3v) is 4.20. The topological polar surface area (TPSA) is 12.4 Å². The van der Waals surface area contributed by atoms with Gasteiger partial charge in [0.25, 0.3) is 0 Å². The molecular formula is C19H25N. The van der Waals surface area contributed by atoms with Gasteiger partial charge in [0.1, 0.15) is 0 Å². The van der Waals surface area contributed by atoms with Gasteiger partial charge in [-0.25, -0.2) is 0 Å². The van der Waals surface area contributed by atoms with Crippen molar-refractivity contribution < 1.29 is 0 Å². The van der Waals surface area contributed by atoms with E-state index in [1.165, 1.54) is 36.1 Å². The molecule has 1 aromatic carbocycles. The first-order chi connectivity index (χ1) is 9.68. The van der Waals surface area contributed by atoms with Gasteiger partial charge in [0.15, 0.2) is 0 Å². The average Bonchev–Trinajstić information content (AvgIpc) is 2.50. The molecule has 0 aliphatic carbocycles. The van der Waals surface area contributed by atoms with E-state index in [0.717, 1.165) is 12.1 Å². The normalized spacial score (nSPS) is 22.9. The van der Waals surface area contributed by atoms with Crippen LogP contribution in [0.1, 0.15) is 52.0 Å². The minimum atomic E-state index is 0.633. The van der Waals surface area contributed by atoms with Crippen molar-refractivity contribution in [1.29, 1.82) is 0 Å². The smallest absolute Gasteiger partial charge is 0.0701 e. The van der Waals surface area contributed by atoms with Crippen molar-refractivity contribution in [2.24, 2.45) is 10.9 Å². The molecule has 1 aliphatic heterocycles. The first kappa shape index (κ1) is 14.8. The van der Waals surface area contributed by atoms with Crippen molar-refractivity contribution in [3.8, 4) is 0 Å². The average molecular weight is 267 g/mol. The van der Waals surface area contributed by atoms with Gasteiger partial charge in [0, 0.05) is 11.3 Å². The molecule has 1 nitrogen and oxygen atoms in total. The lowest BCUT2D eigenvalue weighted by atomic mass is 9.95. The molecule has 0 bridgehead atoms. The maximum Gasteiger partial charge on any atom is 0.0701 e. The van der Waals surface area contributed by atoms with Gasteiger partial charge < -0.3 is 0 Å². The highest BCUT2D eigenvalue weighted by Gasteiger charge is 2.09. The summed E-state index contributed by atoms with van der Waals surface area (Å²) < 4.78 is 0. The van der Waals surface area contributed by atoms with Crippen LogP contribution in [0.5, 0.6) is 0 Å². The van der Waals surface area contributed by atoms with Crippen LogP contribution in [0.4, 0.5) is 0 Å². The lowest BCUT2D eigenvalue weighted by Gasteiger charge is -2.13. The van der Waals surface area contributed by atoms with Crippen molar-refractivity contribution in [3.63, 3.8) is 0 Å². The molecule has 0 N–H and O–H groups in total. The van der Waals surface area contributed by atoms with E-state index in [4.69, 9.17) is 4.99 Å². The second-order valence-electron chi connectivity index (χ2n) is 5.72. The Hall–Kier alpha value is -1.63. The zero-order valence-corrected chi connectivity index (χ0v) is 12.9. The van der Waals surface area contributed by atoms with E-state index in [1.54, 1.807) is 0 Å². The largest absolute Gasteiger partial charge is 0.253 e. The summed E-state index contributed by atoms with van der Waals surface area (Å²) in [4.78, 5) is 4.89. The third kappa shape index (κ3) is 3.93. The van der Waals surface area contributed by atoms with E-state index >= 15 is 0 Å². The zero-order chi connectivity index (χ0) is 14.4. The van der Waals surface area contributed by atoms with Crippen LogP contribution < -0.4 is 0 Å². The van der Waals surface area contributed by atoms with Crippen LogP contribution in [0.3, 0.4) is 0 Å². The summed E-state index contributed by atoms with van der Waals surface area (Å²) in [6.45, 7) is 6.69. The van der Waals surface area contributed by atoms with Crippen molar-refractivity contribution in [2.75, 3.05) is 0 Å². The Morgan fingerprint density at radius 3 is 2.55 bits per heavy atom. The molecule has 0 saturated carbocycles. The van der Waals surface area contributed by atoms with E-state index in [1.807, 2.05) is 0 Å². The van der Waals surface area contributed by atoms with Crippen molar-refractivity contribution in [3.05, 3.63) is 59.3 Å². The summed E-state index contributed by atoms with van der Waals surface area (Å²) in [6.07, 6.45) is 9.45. The number of hydrogen-bond acceptors (Lipinski definition) is 1. The summed E-state index contributed by atoms with van der Waals surface area (Å²) >= 11 is 0. The van der Waals surface area contributed by atoms with E-state index in [-0.39, 0.29) is 0 Å². The fourth-order valence-electron chi connectivity index (χ4n) is 2.56. The van der Waals surface area contributed by atoms with Crippen LogP contribution in [-0.2, 0) is 0 Å². The van der Waals surface area contributed by atoms with Gasteiger partial charge in [-0.15, -0.1) is 0 Å². The maximum atomic E-state index is 4.89. The molecule has 1 unspecified atom stereocenters. The summed E-state index contributed by atoms with van der Waals surface area (Å²) in [6, 6.07) is 10.5. The molecule has 1 atom stereocenters. The van der Waals surface area contributed by atoms with E-state index in [0.29, 0.717) is 5.92 Å². The minimum absolute atomic E-state index is 0.633. The van der Waals surface area contributed by atoms with Gasteiger partial charge in [-0.2, -0.15) is 0 Å². The second kappa shape index (κ2) is 7.23. The number of hydrogen-bond donors (Lipinski definition) is 0. The fourth-order valence-corrected chi connectivity index (χ4v) is 2.56. The van der Waals surface area contributed by atoms with Gasteiger partial charge in [-0.1, -0.05) is 49.8 Å². The summed E-state index contributed by atoms with van der Waals surface area (Å²) in [5, 5.41) is 0. The van der Waals surface area contributed by atoms with Crippen LogP contribution in [0.25, 0.3) is 0 Å². The van der Waals surface area contributed by atoms with Crippen molar-refractivity contribution in [1.82, 2.24) is 0 Å². The van der Waals surface area contributed by atoms with Crippen LogP contribution >= 0.6 is 0 Å². The molecule has 0 radical (unpaired) electrons. The van der Waals surface area contributed by atoms with E-state index in [9.17, 15) is 0 Å². The predicted molar refractivity (Wildman–Crippen MR) is 88.1 cm³/mol. The van der Waals surface area contributed by atoms with Crippen molar-refractivity contribution >= 4 is 5.71 Å². The molecule has 0 fully saturated rings. The quantitative estimate of drug-likeness (QED) is 0.634. The Kier molecular flexibility index (Phi) is 5.34. The first-order valence-corrected chi connectivity index (χ1v) is 7.66. The lowest BCUT2D eigenvalue weighted by molar-refractivity contribution is 0.557. The molecule has 106 valence electrons. The van der Waals surface area contributed by atoms with Crippen LogP contribution in [0.2, 0.25) is 0 Å². The molecule has 1 aromatic rings. The van der Waals surface area contributed by atoms with Gasteiger partial charge in [-0.05, 0) is 50.7 Å².